The number of aliphatic hydroxyl groups is 4. The van der Waals surface area contributed by atoms with E-state index in [0.29, 0.717) is 57.8 Å². The van der Waals surface area contributed by atoms with Crippen LogP contribution in [-0.2, 0) is 71.0 Å². The fraction of sp³-hybridized carbons (Fsp3) is 0.938. The molecule has 0 aromatic heterocycles. The van der Waals surface area contributed by atoms with E-state index < -0.39 is 143 Å². The number of hydrogen-bond acceptors (Lipinski definition) is 19. The molecule has 23 nitrogen and oxygen atoms in total. The molecule has 0 unspecified atom stereocenters. The van der Waals surface area contributed by atoms with Crippen LogP contribution in [0.15, 0.2) is 0 Å². The molecule has 120 heavy (non-hydrogen) atoms. The molecule has 24 heteroatoms. The van der Waals surface area contributed by atoms with Gasteiger partial charge in [0.1, 0.15) is 60.9 Å². The maximum Gasteiger partial charge on any atom is 0.469 e. The third-order valence-corrected chi connectivity index (χ3v) is 24.6. The van der Waals surface area contributed by atoms with Crippen molar-refractivity contribution in [1.29, 1.82) is 0 Å². The second-order valence-electron chi connectivity index (χ2n) is 35.5. The van der Waals surface area contributed by atoms with Gasteiger partial charge in [-0.25, -0.2) is 4.57 Å². The zero-order valence-electron chi connectivity index (χ0n) is 77.0. The first-order valence-corrected chi connectivity index (χ1v) is 51.4. The molecule has 2 rings (SSSR count). The predicted octanol–water partition coefficient (Wildman–Crippen LogP) is 22.3. The molecule has 0 aliphatic carbocycles. The van der Waals surface area contributed by atoms with Gasteiger partial charge in [0.15, 0.2) is 18.7 Å². The number of amides is 2. The third-order valence-electron chi connectivity index (χ3n) is 24.1. The fourth-order valence-electron chi connectivity index (χ4n) is 16.6. The van der Waals surface area contributed by atoms with Crippen molar-refractivity contribution in [3.63, 3.8) is 0 Å². The number of esters is 4. The highest BCUT2D eigenvalue weighted by Gasteiger charge is 2.51. The van der Waals surface area contributed by atoms with Crippen molar-refractivity contribution in [3.05, 3.63) is 0 Å². The van der Waals surface area contributed by atoms with E-state index in [9.17, 15) is 63.5 Å². The first kappa shape index (κ1) is 113. The molecular formula is C96H181N2O21P. The van der Waals surface area contributed by atoms with Crippen molar-refractivity contribution in [1.82, 2.24) is 10.6 Å². The molecule has 2 heterocycles. The minimum absolute atomic E-state index is 0.142. The third kappa shape index (κ3) is 61.1. The molecule has 2 fully saturated rings. The fourth-order valence-corrected chi connectivity index (χ4v) is 16.9. The van der Waals surface area contributed by atoms with Crippen LogP contribution in [0.3, 0.4) is 0 Å². The lowest BCUT2D eigenvalue weighted by molar-refractivity contribution is -0.298. The number of phosphoric ester groups is 1. The SMILES string of the molecule is CCCCCCCCCCCCCCCC(=O)O[C@H](CCCCCCCCCCC)CC(=O)N[C@@H]1[C@@H](O)[C@H](O)[C@@H](CO[C@@H]2O[C@H](COP(=O)(O)O)[C@@H](O)[C@H](OC(=O)C[C@@H](CCCCCCCCCCC)OC(=O)CCCCCCCCCCCCC)[C@H]2NC(=O)C[C@@H](CCCCCCCCCCC)OC(=O)CCCCCCCCCCC)O[C@@H]1O. The molecule has 8 N–H and O–H groups in total. The average Bonchev–Trinajstić information content (AvgIpc) is 0.783. The van der Waals surface area contributed by atoms with Crippen molar-refractivity contribution in [2.24, 2.45) is 0 Å². The van der Waals surface area contributed by atoms with Crippen molar-refractivity contribution in [3.8, 4) is 0 Å². The molecule has 13 atom stereocenters. The van der Waals surface area contributed by atoms with Crippen LogP contribution in [0, 0.1) is 0 Å². The Morgan fingerprint density at radius 2 is 0.583 bits per heavy atom. The van der Waals surface area contributed by atoms with E-state index in [1.165, 1.54) is 173 Å². The molecule has 2 amide bonds. The Balaban J connectivity index is 2.55. The van der Waals surface area contributed by atoms with Gasteiger partial charge in [0.05, 0.1) is 32.5 Å². The van der Waals surface area contributed by atoms with E-state index in [4.69, 9.17) is 37.7 Å². The zero-order valence-corrected chi connectivity index (χ0v) is 77.9. The Hall–Kier alpha value is -3.35. The molecule has 2 saturated heterocycles. The summed E-state index contributed by atoms with van der Waals surface area (Å²) in [5, 5.41) is 53.2. The molecule has 0 saturated carbocycles. The minimum Gasteiger partial charge on any atom is -0.462 e. The summed E-state index contributed by atoms with van der Waals surface area (Å²) < 4.78 is 60.2. The maximum absolute atomic E-state index is 14.9. The average molecular weight is 1730 g/mol. The molecular weight excluding hydrogens is 1550 g/mol. The Labute approximate surface area is 729 Å². The van der Waals surface area contributed by atoms with Gasteiger partial charge < -0.3 is 74.0 Å². The summed E-state index contributed by atoms with van der Waals surface area (Å²) in [6, 6.07) is -3.29. The van der Waals surface area contributed by atoms with Gasteiger partial charge in [-0.3, -0.25) is 33.3 Å². The first-order valence-electron chi connectivity index (χ1n) is 49.9. The molecule has 0 aromatic rings. The monoisotopic (exact) mass is 1730 g/mol. The van der Waals surface area contributed by atoms with Crippen LogP contribution >= 0.6 is 7.82 Å². The lowest BCUT2D eigenvalue weighted by atomic mass is 9.95. The summed E-state index contributed by atoms with van der Waals surface area (Å²) in [4.78, 5) is 105. The molecule has 2 aliphatic heterocycles. The van der Waals surface area contributed by atoms with Gasteiger partial charge in [0.2, 0.25) is 11.8 Å². The van der Waals surface area contributed by atoms with Crippen molar-refractivity contribution in [2.75, 3.05) is 13.2 Å². The van der Waals surface area contributed by atoms with Gasteiger partial charge in [0, 0.05) is 19.3 Å². The Kier molecular flexibility index (Phi) is 72.2. The van der Waals surface area contributed by atoms with Gasteiger partial charge in [-0.1, -0.05) is 388 Å². The second-order valence-corrected chi connectivity index (χ2v) is 36.7. The smallest absolute Gasteiger partial charge is 0.462 e. The van der Waals surface area contributed by atoms with E-state index in [-0.39, 0.29) is 32.1 Å². The number of aliphatic hydroxyl groups excluding tert-OH is 4. The second kappa shape index (κ2) is 76.8. The van der Waals surface area contributed by atoms with Gasteiger partial charge in [-0.15, -0.1) is 0 Å². The van der Waals surface area contributed by atoms with Crippen LogP contribution in [0.2, 0.25) is 0 Å². The van der Waals surface area contributed by atoms with Crippen LogP contribution in [0.1, 0.15) is 485 Å². The van der Waals surface area contributed by atoms with Crippen molar-refractivity contribution in [2.45, 2.75) is 564 Å². The number of phosphoric acid groups is 1. The first-order chi connectivity index (χ1) is 58.2. The Bertz CT molecular complexity index is 2510. The largest absolute Gasteiger partial charge is 0.469 e. The van der Waals surface area contributed by atoms with Crippen LogP contribution in [0.5, 0.6) is 0 Å². The van der Waals surface area contributed by atoms with Gasteiger partial charge in [-0.05, 0) is 57.8 Å². The number of unbranched alkanes of at least 4 members (excludes halogenated alkanes) is 54. The van der Waals surface area contributed by atoms with Crippen molar-refractivity contribution >= 4 is 43.5 Å². The molecule has 0 bridgehead atoms. The lowest BCUT2D eigenvalue weighted by Gasteiger charge is -2.45. The Morgan fingerprint density at radius 1 is 0.317 bits per heavy atom. The minimum atomic E-state index is -5.29. The number of carbonyl (C=O) groups is 6. The summed E-state index contributed by atoms with van der Waals surface area (Å²) in [7, 11) is -5.29. The highest BCUT2D eigenvalue weighted by atomic mass is 31.2. The lowest BCUT2D eigenvalue weighted by Crippen LogP contribution is -2.67. The Morgan fingerprint density at radius 3 is 0.883 bits per heavy atom. The quantitative estimate of drug-likeness (QED) is 0.0121. The van der Waals surface area contributed by atoms with E-state index in [0.717, 1.165) is 173 Å². The number of ether oxygens (including phenoxy) is 7. The van der Waals surface area contributed by atoms with E-state index in [1.807, 2.05) is 0 Å². The number of hydrogen-bond donors (Lipinski definition) is 8. The number of carbonyl (C=O) groups excluding carboxylic acids is 6. The van der Waals surface area contributed by atoms with Crippen LogP contribution in [0.4, 0.5) is 0 Å². The summed E-state index contributed by atoms with van der Waals surface area (Å²) in [6.07, 6.45) is 47.5. The number of rotatable bonds is 84. The normalized spacial score (nSPS) is 20.2. The van der Waals surface area contributed by atoms with Gasteiger partial charge in [-0.2, -0.15) is 0 Å². The molecule has 2 aliphatic rings. The predicted molar refractivity (Wildman–Crippen MR) is 478 cm³/mol. The summed E-state index contributed by atoms with van der Waals surface area (Å²) in [6.45, 7) is 11.4. The summed E-state index contributed by atoms with van der Waals surface area (Å²) in [5.74, 6) is -3.71. The van der Waals surface area contributed by atoms with E-state index >= 15 is 0 Å². The van der Waals surface area contributed by atoms with Crippen LogP contribution in [0.25, 0.3) is 0 Å². The highest BCUT2D eigenvalue weighted by Crippen LogP contribution is 2.38. The van der Waals surface area contributed by atoms with E-state index in [1.54, 1.807) is 0 Å². The number of nitrogens with one attached hydrogen (secondary N) is 2. The van der Waals surface area contributed by atoms with Gasteiger partial charge >= 0.3 is 31.7 Å². The zero-order chi connectivity index (χ0) is 87.7. The van der Waals surface area contributed by atoms with Crippen LogP contribution in [-0.4, -0.2) is 159 Å². The molecule has 0 aromatic carbocycles. The van der Waals surface area contributed by atoms with Gasteiger partial charge in [0.25, 0.3) is 0 Å². The summed E-state index contributed by atoms with van der Waals surface area (Å²) in [5.41, 5.74) is 0. The maximum atomic E-state index is 14.9. The molecule has 0 spiro atoms. The van der Waals surface area contributed by atoms with Crippen molar-refractivity contribution < 1.29 is 101 Å². The summed E-state index contributed by atoms with van der Waals surface area (Å²) >= 11 is 0. The standard InChI is InChI=1S/C96H181N2O21P/c1-7-13-19-25-31-37-39-40-42-48-54-59-65-70-85(101)114-78(67-61-55-49-43-33-27-21-15-9-3)73-83(99)97-89-93(107)91(105)81(117-95(89)108)76-112-96-90(98-84(100)74-79(68-62-56-50-44-34-28-22-16-10-4)115-86(102)71-64-58-52-46-36-30-24-18-12-6)94(92(106)82(118-96)77-113-120(109,110)111)119-88(104)75-80(69-63-57-51-45-35-29-23-17-11-5)116-87(103)72-66-60-53-47-41-38-32-26-20-14-8-2/h78-82,89-96,105-108H,7-77H2,1-6H3,(H,97,99)(H,98,100)(H2,109,110,111)/t78-,79-,80-,81-,82-,89-,90-,91-,92-,93-,94-,95+,96-/m1/s1. The molecule has 0 radical (unpaired) electrons. The highest BCUT2D eigenvalue weighted by molar-refractivity contribution is 7.46. The topological polar surface area (TPSA) is 339 Å². The molecule has 706 valence electrons. The van der Waals surface area contributed by atoms with E-state index in [2.05, 4.69) is 52.2 Å². The van der Waals surface area contributed by atoms with Crippen LogP contribution < -0.4 is 10.6 Å².